The second kappa shape index (κ2) is 5.64. The molecule has 0 aliphatic heterocycles. The Kier molecular flexibility index (Phi) is 5.00. The van der Waals surface area contributed by atoms with Crippen molar-refractivity contribution in [3.8, 4) is 0 Å². The molecule has 0 bridgehead atoms. The molecule has 2 aromatic carbocycles. The summed E-state index contributed by atoms with van der Waals surface area (Å²) in [6, 6.07) is 8.28. The van der Waals surface area contributed by atoms with Crippen LogP contribution in [0.4, 0.5) is 0 Å². The summed E-state index contributed by atoms with van der Waals surface area (Å²) in [5, 5.41) is 0.452. The van der Waals surface area contributed by atoms with Crippen molar-refractivity contribution in [2.75, 3.05) is 0 Å². The summed E-state index contributed by atoms with van der Waals surface area (Å²) in [6.45, 7) is 0. The number of hydrogen-bond donors (Lipinski definition) is 2. The fraction of sp³-hybridized carbons (Fsp3) is 0. The average molecular weight is 330 g/mol. The first-order valence-electron chi connectivity index (χ1n) is 4.68. The molecule has 0 atom stereocenters. The van der Waals surface area contributed by atoms with Crippen LogP contribution in [0.25, 0.3) is 10.8 Å². The van der Waals surface area contributed by atoms with Crippen molar-refractivity contribution in [3.05, 3.63) is 36.4 Å². The minimum absolute atomic E-state index is 0. The van der Waals surface area contributed by atoms with Crippen molar-refractivity contribution < 1.29 is 25.9 Å². The van der Waals surface area contributed by atoms with E-state index in [0.717, 1.165) is 6.07 Å². The summed E-state index contributed by atoms with van der Waals surface area (Å²) in [5.74, 6) is 0. The van der Waals surface area contributed by atoms with Crippen LogP contribution in [0.15, 0.2) is 46.2 Å². The van der Waals surface area contributed by atoms with Crippen molar-refractivity contribution in [2.24, 2.45) is 0 Å². The summed E-state index contributed by atoms with van der Waals surface area (Å²) in [5.41, 5.74) is 0. The van der Waals surface area contributed by atoms with Crippen molar-refractivity contribution in [1.82, 2.24) is 0 Å². The number of benzene rings is 2. The van der Waals surface area contributed by atoms with Crippen molar-refractivity contribution in [3.63, 3.8) is 0 Å². The van der Waals surface area contributed by atoms with Crippen LogP contribution in [0.3, 0.4) is 0 Å². The van der Waals surface area contributed by atoms with Gasteiger partial charge in [0.15, 0.2) is 0 Å². The van der Waals surface area contributed by atoms with Crippen LogP contribution in [0.5, 0.6) is 0 Å². The van der Waals surface area contributed by atoms with Gasteiger partial charge in [0.05, 0.1) is 0 Å². The van der Waals surface area contributed by atoms with Crippen molar-refractivity contribution in [1.29, 1.82) is 0 Å². The standard InChI is InChI=1S/C10H8O6S2.Ca.2H/c11-17(12,13)9-6-5-7-3-1-2-4-8(7)10(9)18(14,15)16;;;/h1-6H,(H,11,12,13)(H,14,15,16);;;. The van der Waals surface area contributed by atoms with E-state index in [4.69, 9.17) is 9.11 Å². The van der Waals surface area contributed by atoms with Gasteiger partial charge in [-0.1, -0.05) is 30.3 Å². The van der Waals surface area contributed by atoms with E-state index in [1.807, 2.05) is 0 Å². The van der Waals surface area contributed by atoms with Gasteiger partial charge in [-0.2, -0.15) is 16.8 Å². The summed E-state index contributed by atoms with van der Waals surface area (Å²) in [6.07, 6.45) is 0. The molecule has 0 aromatic heterocycles. The van der Waals surface area contributed by atoms with Crippen molar-refractivity contribution >= 4 is 68.7 Å². The Labute approximate surface area is 139 Å². The van der Waals surface area contributed by atoms with Crippen LogP contribution < -0.4 is 0 Å². The Morgan fingerprint density at radius 2 is 1.37 bits per heavy atom. The Balaban J connectivity index is 0.00000180. The second-order valence-electron chi connectivity index (χ2n) is 3.56. The number of rotatable bonds is 2. The maximum atomic E-state index is 11.3. The molecule has 9 heteroatoms. The third kappa shape index (κ3) is 3.46. The van der Waals surface area contributed by atoms with E-state index in [-0.39, 0.29) is 43.1 Å². The average Bonchev–Trinajstić information content (AvgIpc) is 2.24. The molecule has 0 radical (unpaired) electrons. The molecule has 0 spiro atoms. The Hall–Kier alpha value is -0.220. The van der Waals surface area contributed by atoms with Crippen LogP contribution in [0, 0.1) is 0 Å². The molecule has 0 saturated heterocycles. The fourth-order valence-corrected chi connectivity index (χ4v) is 3.69. The zero-order valence-corrected chi connectivity index (χ0v) is 10.4. The number of fused-ring (bicyclic) bond motifs is 1. The van der Waals surface area contributed by atoms with Gasteiger partial charge in [-0.3, -0.25) is 9.11 Å². The first-order chi connectivity index (χ1) is 8.21. The minimum atomic E-state index is -4.78. The molecule has 0 heterocycles. The quantitative estimate of drug-likeness (QED) is 0.610. The van der Waals surface area contributed by atoms with Crippen LogP contribution in [-0.4, -0.2) is 63.7 Å². The Morgan fingerprint density at radius 1 is 0.789 bits per heavy atom. The third-order valence-electron chi connectivity index (χ3n) is 2.38. The van der Waals surface area contributed by atoms with E-state index in [1.54, 1.807) is 12.1 Å². The summed E-state index contributed by atoms with van der Waals surface area (Å²) in [7, 11) is -9.53. The van der Waals surface area contributed by atoms with Crippen LogP contribution >= 0.6 is 0 Å². The zero-order chi connectivity index (χ0) is 13.6. The van der Waals surface area contributed by atoms with Gasteiger partial charge in [0.1, 0.15) is 9.79 Å². The van der Waals surface area contributed by atoms with Gasteiger partial charge in [0, 0.05) is 5.39 Å². The molecular weight excluding hydrogens is 320 g/mol. The monoisotopic (exact) mass is 330 g/mol. The zero-order valence-electron chi connectivity index (χ0n) is 8.81. The molecule has 2 aromatic rings. The summed E-state index contributed by atoms with van der Waals surface area (Å²) >= 11 is 0. The first-order valence-corrected chi connectivity index (χ1v) is 7.56. The molecule has 100 valence electrons. The predicted octanol–water partition coefficient (Wildman–Crippen LogP) is 0.417. The fourth-order valence-electron chi connectivity index (χ4n) is 1.69. The van der Waals surface area contributed by atoms with Gasteiger partial charge in [-0.15, -0.1) is 0 Å². The van der Waals surface area contributed by atoms with E-state index in [9.17, 15) is 16.8 Å². The van der Waals surface area contributed by atoms with E-state index < -0.39 is 30.0 Å². The van der Waals surface area contributed by atoms with Gasteiger partial charge >= 0.3 is 37.7 Å². The Bertz CT molecular complexity index is 826. The Morgan fingerprint density at radius 3 is 1.89 bits per heavy atom. The van der Waals surface area contributed by atoms with Crippen LogP contribution in [-0.2, 0) is 20.2 Å². The molecule has 0 unspecified atom stereocenters. The molecule has 0 aliphatic rings. The van der Waals surface area contributed by atoms with E-state index >= 15 is 0 Å². The normalized spacial score (nSPS) is 12.1. The summed E-state index contributed by atoms with van der Waals surface area (Å²) in [4.78, 5) is -1.66. The van der Waals surface area contributed by atoms with Gasteiger partial charge in [0.2, 0.25) is 0 Å². The molecule has 19 heavy (non-hydrogen) atoms. The predicted molar refractivity (Wildman–Crippen MR) is 72.1 cm³/mol. The maximum absolute atomic E-state index is 11.3. The molecule has 6 nitrogen and oxygen atoms in total. The molecule has 2 rings (SSSR count). The third-order valence-corrected chi connectivity index (χ3v) is 4.36. The van der Waals surface area contributed by atoms with E-state index in [0.29, 0.717) is 5.39 Å². The SMILES string of the molecule is O=S(=O)(O)c1ccc2ccccc2c1S(=O)(=O)O.[CaH2]. The second-order valence-corrected chi connectivity index (χ2v) is 6.31. The molecule has 0 saturated carbocycles. The number of hydrogen-bond acceptors (Lipinski definition) is 4. The van der Waals surface area contributed by atoms with Crippen LogP contribution in [0.1, 0.15) is 0 Å². The topological polar surface area (TPSA) is 109 Å². The van der Waals surface area contributed by atoms with Gasteiger partial charge < -0.3 is 0 Å². The van der Waals surface area contributed by atoms with Crippen LogP contribution in [0.2, 0.25) is 0 Å². The molecule has 2 N–H and O–H groups in total. The molecule has 0 aliphatic carbocycles. The summed E-state index contributed by atoms with van der Waals surface area (Å²) < 4.78 is 63.0. The van der Waals surface area contributed by atoms with Gasteiger partial charge in [-0.05, 0) is 11.5 Å². The van der Waals surface area contributed by atoms with Crippen molar-refractivity contribution in [2.45, 2.75) is 9.79 Å². The molecule has 0 amide bonds. The first kappa shape index (κ1) is 16.8. The van der Waals surface area contributed by atoms with Gasteiger partial charge in [0.25, 0.3) is 20.2 Å². The van der Waals surface area contributed by atoms with Gasteiger partial charge in [-0.25, -0.2) is 0 Å². The molecular formula is C10H10CaO6S2. The molecule has 0 fully saturated rings. The van der Waals surface area contributed by atoms with E-state index in [1.165, 1.54) is 18.2 Å². The van der Waals surface area contributed by atoms with E-state index in [2.05, 4.69) is 0 Å².